The van der Waals surface area contributed by atoms with Crippen molar-refractivity contribution < 1.29 is 0 Å². The Morgan fingerprint density at radius 3 is 2.43 bits per heavy atom. The first-order valence-electron chi connectivity index (χ1n) is 5.61. The molecule has 1 fully saturated rings. The van der Waals surface area contributed by atoms with E-state index in [2.05, 4.69) is 18.7 Å². The Balaban J connectivity index is 2.25. The fourth-order valence-electron chi connectivity index (χ4n) is 1.95. The summed E-state index contributed by atoms with van der Waals surface area (Å²) in [6.07, 6.45) is 4.60. The van der Waals surface area contributed by atoms with Gasteiger partial charge in [-0.25, -0.2) is 0 Å². The Bertz CT molecular complexity index is 193. The molecule has 1 rings (SSSR count). The van der Waals surface area contributed by atoms with Crippen LogP contribution in [0, 0.1) is 10.8 Å². The number of amidine groups is 1. The van der Waals surface area contributed by atoms with Gasteiger partial charge in [0.15, 0.2) is 0 Å². The summed E-state index contributed by atoms with van der Waals surface area (Å²) in [5.74, 6) is 0.314. The second-order valence-electron chi connectivity index (χ2n) is 4.78. The van der Waals surface area contributed by atoms with Crippen molar-refractivity contribution in [2.24, 2.45) is 11.1 Å². The summed E-state index contributed by atoms with van der Waals surface area (Å²) in [6, 6.07) is 0. The molecule has 0 aliphatic carbocycles. The first kappa shape index (κ1) is 11.5. The number of piperidine rings is 1. The van der Waals surface area contributed by atoms with Crippen LogP contribution in [0.5, 0.6) is 0 Å². The minimum absolute atomic E-state index is 0.314. The van der Waals surface area contributed by atoms with Gasteiger partial charge in [-0.2, -0.15) is 0 Å². The third-order valence-corrected chi connectivity index (χ3v) is 3.61. The number of rotatable bonds is 4. The van der Waals surface area contributed by atoms with Crippen molar-refractivity contribution in [1.82, 2.24) is 4.90 Å². The van der Waals surface area contributed by atoms with Crippen LogP contribution in [0.4, 0.5) is 0 Å². The molecule has 14 heavy (non-hydrogen) atoms. The van der Waals surface area contributed by atoms with Crippen LogP contribution in [-0.4, -0.2) is 30.4 Å². The molecule has 0 atom stereocenters. The highest BCUT2D eigenvalue weighted by molar-refractivity contribution is 5.76. The maximum atomic E-state index is 7.18. The molecule has 3 heteroatoms. The monoisotopic (exact) mass is 197 g/mol. The number of nitrogens with one attached hydrogen (secondary N) is 1. The van der Waals surface area contributed by atoms with E-state index in [1.165, 1.54) is 32.4 Å². The van der Waals surface area contributed by atoms with Crippen LogP contribution >= 0.6 is 0 Å². The summed E-state index contributed by atoms with van der Waals surface area (Å²) in [7, 11) is 0. The van der Waals surface area contributed by atoms with Gasteiger partial charge in [0.25, 0.3) is 0 Å². The number of nitrogens with zero attached hydrogens (tertiary/aromatic N) is 1. The summed E-state index contributed by atoms with van der Waals surface area (Å²) >= 11 is 0. The zero-order valence-electron chi connectivity index (χ0n) is 9.47. The lowest BCUT2D eigenvalue weighted by Crippen LogP contribution is -2.39. The second kappa shape index (κ2) is 4.78. The van der Waals surface area contributed by atoms with Crippen LogP contribution in [-0.2, 0) is 0 Å². The van der Waals surface area contributed by atoms with E-state index in [-0.39, 0.29) is 0 Å². The Hall–Kier alpha value is -0.570. The number of hydrogen-bond acceptors (Lipinski definition) is 2. The molecule has 0 unspecified atom stereocenters. The van der Waals surface area contributed by atoms with Gasteiger partial charge in [0.1, 0.15) is 0 Å². The lowest BCUT2D eigenvalue weighted by molar-refractivity contribution is 0.117. The van der Waals surface area contributed by atoms with Gasteiger partial charge in [-0.05, 0) is 31.3 Å². The van der Waals surface area contributed by atoms with Gasteiger partial charge in [-0.15, -0.1) is 0 Å². The van der Waals surface area contributed by atoms with Crippen LogP contribution in [0.3, 0.4) is 0 Å². The molecular weight excluding hydrogens is 174 g/mol. The molecule has 0 aromatic rings. The fraction of sp³-hybridized carbons (Fsp3) is 0.909. The van der Waals surface area contributed by atoms with Crippen molar-refractivity contribution >= 4 is 5.84 Å². The smallest absolute Gasteiger partial charge is 0.0918 e. The van der Waals surface area contributed by atoms with Crippen molar-refractivity contribution in [3.05, 3.63) is 0 Å². The van der Waals surface area contributed by atoms with Crippen molar-refractivity contribution in [3.63, 3.8) is 0 Å². The SMILES string of the molecule is CCC1(C)CCN(CCC(=N)N)CC1. The van der Waals surface area contributed by atoms with Crippen molar-refractivity contribution in [1.29, 1.82) is 5.41 Å². The number of nitrogens with two attached hydrogens (primary N) is 1. The largest absolute Gasteiger partial charge is 0.388 e. The summed E-state index contributed by atoms with van der Waals surface area (Å²) in [5.41, 5.74) is 5.91. The van der Waals surface area contributed by atoms with E-state index in [1.54, 1.807) is 0 Å². The van der Waals surface area contributed by atoms with Crippen molar-refractivity contribution in [3.8, 4) is 0 Å². The number of likely N-dealkylation sites (tertiary alicyclic amines) is 1. The zero-order chi connectivity index (χ0) is 10.6. The molecule has 0 amide bonds. The van der Waals surface area contributed by atoms with Crippen molar-refractivity contribution in [2.45, 2.75) is 39.5 Å². The molecule has 82 valence electrons. The zero-order valence-corrected chi connectivity index (χ0v) is 9.47. The highest BCUT2D eigenvalue weighted by Crippen LogP contribution is 2.33. The maximum absolute atomic E-state index is 7.18. The molecule has 1 aliphatic heterocycles. The summed E-state index contributed by atoms with van der Waals surface area (Å²) in [6.45, 7) is 7.99. The summed E-state index contributed by atoms with van der Waals surface area (Å²) in [5, 5.41) is 7.18. The molecule has 3 nitrogen and oxygen atoms in total. The van der Waals surface area contributed by atoms with Gasteiger partial charge >= 0.3 is 0 Å². The lowest BCUT2D eigenvalue weighted by atomic mass is 9.78. The average molecular weight is 197 g/mol. The van der Waals surface area contributed by atoms with Gasteiger partial charge in [-0.3, -0.25) is 5.41 Å². The van der Waals surface area contributed by atoms with Gasteiger partial charge in [0, 0.05) is 13.0 Å². The predicted octanol–water partition coefficient (Wildman–Crippen LogP) is 1.82. The van der Waals surface area contributed by atoms with Crippen LogP contribution < -0.4 is 5.73 Å². The molecule has 0 radical (unpaired) electrons. The Morgan fingerprint density at radius 2 is 2.00 bits per heavy atom. The molecule has 1 saturated heterocycles. The summed E-state index contributed by atoms with van der Waals surface area (Å²) < 4.78 is 0. The van der Waals surface area contributed by atoms with Crippen molar-refractivity contribution in [2.75, 3.05) is 19.6 Å². The van der Waals surface area contributed by atoms with E-state index in [0.717, 1.165) is 13.0 Å². The normalized spacial score (nSPS) is 22.1. The van der Waals surface area contributed by atoms with E-state index in [9.17, 15) is 0 Å². The topological polar surface area (TPSA) is 53.1 Å². The minimum Gasteiger partial charge on any atom is -0.388 e. The van der Waals surface area contributed by atoms with E-state index >= 15 is 0 Å². The molecule has 3 N–H and O–H groups in total. The van der Waals surface area contributed by atoms with E-state index < -0.39 is 0 Å². The first-order valence-corrected chi connectivity index (χ1v) is 5.61. The third kappa shape index (κ3) is 3.29. The quantitative estimate of drug-likeness (QED) is 0.533. The molecule has 0 spiro atoms. The Labute approximate surface area is 87.2 Å². The molecule has 0 bridgehead atoms. The Kier molecular flexibility index (Phi) is 3.93. The lowest BCUT2D eigenvalue weighted by Gasteiger charge is -2.38. The standard InChI is InChI=1S/C11H23N3/c1-3-11(2)5-8-14(9-6-11)7-4-10(12)13/h3-9H2,1-2H3,(H3,12,13). The van der Waals surface area contributed by atoms with Crippen LogP contribution in [0.2, 0.25) is 0 Å². The van der Waals surface area contributed by atoms with Gasteiger partial charge in [0.05, 0.1) is 5.84 Å². The van der Waals surface area contributed by atoms with Gasteiger partial charge in [0.2, 0.25) is 0 Å². The number of hydrogen-bond donors (Lipinski definition) is 2. The Morgan fingerprint density at radius 1 is 1.43 bits per heavy atom. The second-order valence-corrected chi connectivity index (χ2v) is 4.78. The van der Waals surface area contributed by atoms with E-state index in [0.29, 0.717) is 11.3 Å². The maximum Gasteiger partial charge on any atom is 0.0918 e. The summed E-state index contributed by atoms with van der Waals surface area (Å²) in [4.78, 5) is 2.43. The molecular formula is C11H23N3. The molecule has 1 heterocycles. The minimum atomic E-state index is 0.314. The molecule has 0 aromatic carbocycles. The molecule has 1 aliphatic rings. The van der Waals surface area contributed by atoms with Gasteiger partial charge < -0.3 is 10.6 Å². The fourth-order valence-corrected chi connectivity index (χ4v) is 1.95. The van der Waals surface area contributed by atoms with Crippen LogP contribution in [0.25, 0.3) is 0 Å². The predicted molar refractivity (Wildman–Crippen MR) is 60.6 cm³/mol. The van der Waals surface area contributed by atoms with Gasteiger partial charge in [-0.1, -0.05) is 20.3 Å². The average Bonchev–Trinajstić information content (AvgIpc) is 2.17. The van der Waals surface area contributed by atoms with Crippen LogP contribution in [0.15, 0.2) is 0 Å². The highest BCUT2D eigenvalue weighted by Gasteiger charge is 2.27. The van der Waals surface area contributed by atoms with E-state index in [4.69, 9.17) is 11.1 Å². The highest BCUT2D eigenvalue weighted by atomic mass is 15.1. The van der Waals surface area contributed by atoms with E-state index in [1.807, 2.05) is 0 Å². The molecule has 0 saturated carbocycles. The van der Waals surface area contributed by atoms with Crippen LogP contribution in [0.1, 0.15) is 39.5 Å². The third-order valence-electron chi connectivity index (χ3n) is 3.61. The molecule has 0 aromatic heterocycles. The first-order chi connectivity index (χ1) is 6.56.